The van der Waals surface area contributed by atoms with Gasteiger partial charge in [-0.05, 0) is 30.7 Å². The first-order chi connectivity index (χ1) is 8.66. The molecule has 0 aliphatic carbocycles. The maximum Gasteiger partial charge on any atom is 0.261 e. The second kappa shape index (κ2) is 4.49. The molecule has 0 aromatic heterocycles. The molecule has 1 aromatic carbocycles. The van der Waals surface area contributed by atoms with Crippen molar-refractivity contribution in [3.05, 3.63) is 23.8 Å². The van der Waals surface area contributed by atoms with Gasteiger partial charge < -0.3 is 4.90 Å². The fraction of sp³-hybridized carbons (Fsp3) is 0.462. The maximum atomic E-state index is 12.1. The molecule has 6 heteroatoms. The van der Waals surface area contributed by atoms with E-state index in [0.717, 1.165) is 11.3 Å². The molecule has 19 heavy (non-hydrogen) atoms. The van der Waals surface area contributed by atoms with Crippen LogP contribution in [0.3, 0.4) is 0 Å². The van der Waals surface area contributed by atoms with Crippen LogP contribution in [0.1, 0.15) is 32.8 Å². The standard InChI is InChI=1S/C13H16ClNO3S/c1-4-15-11-6-5-9(19(14,17)18)7-10(11)13(2,3)8-12(15)16/h5-7H,4,8H2,1-3H3. The highest BCUT2D eigenvalue weighted by Crippen LogP contribution is 2.41. The van der Waals surface area contributed by atoms with Gasteiger partial charge in [-0.2, -0.15) is 0 Å². The summed E-state index contributed by atoms with van der Waals surface area (Å²) in [7, 11) is 1.63. The van der Waals surface area contributed by atoms with Gasteiger partial charge in [-0.25, -0.2) is 8.42 Å². The number of amides is 1. The molecule has 0 saturated heterocycles. The summed E-state index contributed by atoms with van der Waals surface area (Å²) in [4.78, 5) is 13.8. The molecule has 0 bridgehead atoms. The van der Waals surface area contributed by atoms with Crippen LogP contribution in [-0.2, 0) is 19.3 Å². The largest absolute Gasteiger partial charge is 0.312 e. The number of rotatable bonds is 2. The van der Waals surface area contributed by atoms with E-state index in [9.17, 15) is 13.2 Å². The number of benzene rings is 1. The van der Waals surface area contributed by atoms with Gasteiger partial charge in [-0.1, -0.05) is 13.8 Å². The third-order valence-corrected chi connectivity index (χ3v) is 4.83. The summed E-state index contributed by atoms with van der Waals surface area (Å²) in [5.41, 5.74) is 1.22. The fourth-order valence-electron chi connectivity index (χ4n) is 2.49. The van der Waals surface area contributed by atoms with Gasteiger partial charge in [0.1, 0.15) is 0 Å². The van der Waals surface area contributed by atoms with Gasteiger partial charge in [0.05, 0.1) is 4.90 Å². The molecule has 0 N–H and O–H groups in total. The molecule has 0 fully saturated rings. The average molecular weight is 302 g/mol. The molecule has 0 saturated carbocycles. The van der Waals surface area contributed by atoms with Crippen LogP contribution >= 0.6 is 10.7 Å². The Hall–Kier alpha value is -1.07. The van der Waals surface area contributed by atoms with E-state index in [-0.39, 0.29) is 10.8 Å². The molecule has 4 nitrogen and oxygen atoms in total. The molecule has 1 aromatic rings. The zero-order valence-corrected chi connectivity index (χ0v) is 12.7. The first kappa shape index (κ1) is 14.3. The third kappa shape index (κ3) is 2.49. The zero-order valence-electron chi connectivity index (χ0n) is 11.1. The molecule has 1 aliphatic rings. The Morgan fingerprint density at radius 2 is 2.00 bits per heavy atom. The van der Waals surface area contributed by atoms with E-state index in [4.69, 9.17) is 10.7 Å². The topological polar surface area (TPSA) is 54.5 Å². The quantitative estimate of drug-likeness (QED) is 0.789. The van der Waals surface area contributed by atoms with Crippen molar-refractivity contribution in [2.45, 2.75) is 37.5 Å². The van der Waals surface area contributed by atoms with Crippen LogP contribution in [0.2, 0.25) is 0 Å². The van der Waals surface area contributed by atoms with E-state index >= 15 is 0 Å². The van der Waals surface area contributed by atoms with Gasteiger partial charge in [0, 0.05) is 34.8 Å². The van der Waals surface area contributed by atoms with E-state index in [1.54, 1.807) is 17.0 Å². The van der Waals surface area contributed by atoms with Crippen molar-refractivity contribution in [3.63, 3.8) is 0 Å². The summed E-state index contributed by atoms with van der Waals surface area (Å²) in [6.45, 7) is 6.32. The Morgan fingerprint density at radius 1 is 1.37 bits per heavy atom. The van der Waals surface area contributed by atoms with Crippen LogP contribution in [0.15, 0.2) is 23.1 Å². The van der Waals surface area contributed by atoms with Crippen molar-refractivity contribution in [2.24, 2.45) is 0 Å². The molecule has 0 unspecified atom stereocenters. The van der Waals surface area contributed by atoms with E-state index < -0.39 is 14.5 Å². The highest BCUT2D eigenvalue weighted by Gasteiger charge is 2.36. The lowest BCUT2D eigenvalue weighted by Gasteiger charge is -2.38. The molecular weight excluding hydrogens is 286 g/mol. The number of nitrogens with zero attached hydrogens (tertiary/aromatic N) is 1. The van der Waals surface area contributed by atoms with Crippen LogP contribution in [0, 0.1) is 0 Å². The van der Waals surface area contributed by atoms with Crippen molar-refractivity contribution in [1.82, 2.24) is 0 Å². The maximum absolute atomic E-state index is 12.1. The average Bonchev–Trinajstić information content (AvgIpc) is 2.27. The highest BCUT2D eigenvalue weighted by atomic mass is 35.7. The monoisotopic (exact) mass is 301 g/mol. The number of carbonyl (C=O) groups is 1. The summed E-state index contributed by atoms with van der Waals surface area (Å²) in [5.74, 6) is 0.0569. The van der Waals surface area contributed by atoms with E-state index in [1.165, 1.54) is 6.07 Å². The number of hydrogen-bond acceptors (Lipinski definition) is 3. The van der Waals surface area contributed by atoms with Gasteiger partial charge in [-0.15, -0.1) is 0 Å². The predicted molar refractivity (Wildman–Crippen MR) is 75.2 cm³/mol. The molecule has 0 spiro atoms. The normalized spacial score (nSPS) is 18.3. The summed E-state index contributed by atoms with van der Waals surface area (Å²) >= 11 is 0. The van der Waals surface area contributed by atoms with Crippen LogP contribution in [0.5, 0.6) is 0 Å². The Morgan fingerprint density at radius 3 is 2.53 bits per heavy atom. The third-order valence-electron chi connectivity index (χ3n) is 3.48. The number of fused-ring (bicyclic) bond motifs is 1. The van der Waals surface area contributed by atoms with Crippen molar-refractivity contribution < 1.29 is 13.2 Å². The van der Waals surface area contributed by atoms with Crippen LogP contribution in [-0.4, -0.2) is 20.9 Å². The van der Waals surface area contributed by atoms with Gasteiger partial charge in [0.25, 0.3) is 9.05 Å². The Bertz CT molecular complexity index is 637. The first-order valence-corrected chi connectivity index (χ1v) is 8.37. The van der Waals surface area contributed by atoms with Gasteiger partial charge >= 0.3 is 0 Å². The summed E-state index contributed by atoms with van der Waals surface area (Å²) in [6, 6.07) is 4.68. The van der Waals surface area contributed by atoms with Gasteiger partial charge in [0.15, 0.2) is 0 Å². The first-order valence-electron chi connectivity index (χ1n) is 6.06. The molecule has 0 radical (unpaired) electrons. The fourth-order valence-corrected chi connectivity index (χ4v) is 3.27. The lowest BCUT2D eigenvalue weighted by Crippen LogP contribution is -2.41. The summed E-state index contributed by atoms with van der Waals surface area (Å²) in [5, 5.41) is 0. The molecular formula is C13H16ClNO3S. The van der Waals surface area contributed by atoms with E-state index in [1.807, 2.05) is 20.8 Å². The summed E-state index contributed by atoms with van der Waals surface area (Å²) < 4.78 is 22.9. The molecule has 1 aliphatic heterocycles. The zero-order chi connectivity index (χ0) is 14.4. The SMILES string of the molecule is CCN1C(=O)CC(C)(C)c2cc(S(=O)(=O)Cl)ccc21. The number of halogens is 1. The number of carbonyl (C=O) groups excluding carboxylic acids is 1. The highest BCUT2D eigenvalue weighted by molar-refractivity contribution is 8.13. The second-order valence-corrected chi connectivity index (χ2v) is 7.88. The minimum atomic E-state index is -3.76. The summed E-state index contributed by atoms with van der Waals surface area (Å²) in [6.07, 6.45) is 0.361. The van der Waals surface area contributed by atoms with E-state index in [2.05, 4.69) is 0 Å². The minimum absolute atomic E-state index is 0.0569. The minimum Gasteiger partial charge on any atom is -0.312 e. The van der Waals surface area contributed by atoms with Gasteiger partial charge in [0.2, 0.25) is 5.91 Å². The Kier molecular flexibility index (Phi) is 3.39. The van der Waals surface area contributed by atoms with Crippen molar-refractivity contribution in [2.75, 3.05) is 11.4 Å². The lowest BCUT2D eigenvalue weighted by molar-refractivity contribution is -0.120. The van der Waals surface area contributed by atoms with Crippen LogP contribution in [0.25, 0.3) is 0 Å². The predicted octanol–water partition coefficient (Wildman–Crippen LogP) is 2.65. The lowest BCUT2D eigenvalue weighted by atomic mass is 9.77. The van der Waals surface area contributed by atoms with Crippen LogP contribution < -0.4 is 4.90 Å². The van der Waals surface area contributed by atoms with Crippen LogP contribution in [0.4, 0.5) is 5.69 Å². The van der Waals surface area contributed by atoms with E-state index in [0.29, 0.717) is 13.0 Å². The Labute approximate surface area is 117 Å². The molecule has 2 rings (SSSR count). The second-order valence-electron chi connectivity index (χ2n) is 5.32. The molecule has 104 valence electrons. The smallest absolute Gasteiger partial charge is 0.261 e. The molecule has 1 amide bonds. The number of anilines is 1. The number of hydrogen-bond donors (Lipinski definition) is 0. The Balaban J connectivity index is 2.68. The molecule has 0 atom stereocenters. The van der Waals surface area contributed by atoms with Crippen molar-refractivity contribution in [1.29, 1.82) is 0 Å². The van der Waals surface area contributed by atoms with Crippen molar-refractivity contribution in [3.8, 4) is 0 Å². The van der Waals surface area contributed by atoms with Crippen molar-refractivity contribution >= 4 is 31.3 Å². The van der Waals surface area contributed by atoms with Gasteiger partial charge in [-0.3, -0.25) is 4.79 Å². The molecule has 1 heterocycles.